The van der Waals surface area contributed by atoms with Crippen LogP contribution in [0.25, 0.3) is 0 Å². The number of hydrogen-bond acceptors (Lipinski definition) is 5. The molecule has 1 aliphatic rings. The summed E-state index contributed by atoms with van der Waals surface area (Å²) in [5.74, 6) is -0.421. The van der Waals surface area contributed by atoms with Crippen LogP contribution in [0.1, 0.15) is 63.5 Å². The van der Waals surface area contributed by atoms with Crippen LogP contribution in [0.4, 0.5) is 4.79 Å². The highest BCUT2D eigenvalue weighted by Gasteiger charge is 2.41. The van der Waals surface area contributed by atoms with Gasteiger partial charge in [0.1, 0.15) is 31.8 Å². The predicted molar refractivity (Wildman–Crippen MR) is 116 cm³/mol. The number of carbonyl (C=O) groups is 2. The number of unbranched alkanes of at least 4 members (excludes halogenated alkanes) is 5. The molecule has 2 rings (SSSR count). The van der Waals surface area contributed by atoms with Crippen LogP contribution in [0, 0.1) is 5.41 Å². The standard InChI is InChI=1S/C24H38NO5/c1-5-6-7-8-9-10-15-25(3,4)16-20-11-13-21(14-12-20)17-28-22(26)24(2)18-29-23(27)30-19-24/h11-14H,5-10,15-19H2,1-4H3/q+1. The van der Waals surface area contributed by atoms with Gasteiger partial charge in [0.2, 0.25) is 0 Å². The second kappa shape index (κ2) is 11.3. The first-order chi connectivity index (χ1) is 14.2. The van der Waals surface area contributed by atoms with E-state index in [0.717, 1.165) is 16.6 Å². The average Bonchev–Trinajstić information content (AvgIpc) is 2.72. The van der Waals surface area contributed by atoms with Crippen molar-refractivity contribution in [3.05, 3.63) is 35.4 Å². The molecule has 1 saturated heterocycles. The average molecular weight is 421 g/mol. The minimum absolute atomic E-state index is 0.0186. The fraction of sp³-hybridized carbons (Fsp3) is 0.667. The van der Waals surface area contributed by atoms with Crippen LogP contribution in [0.2, 0.25) is 0 Å². The molecule has 0 saturated carbocycles. The van der Waals surface area contributed by atoms with Gasteiger partial charge in [0.15, 0.2) is 0 Å². The highest BCUT2D eigenvalue weighted by Crippen LogP contribution is 2.24. The van der Waals surface area contributed by atoms with Gasteiger partial charge in [0, 0.05) is 5.56 Å². The van der Waals surface area contributed by atoms with Gasteiger partial charge < -0.3 is 18.7 Å². The molecular formula is C24H38NO5+. The molecule has 0 radical (unpaired) electrons. The molecule has 1 fully saturated rings. The normalized spacial score (nSPS) is 15.9. The molecule has 0 aromatic heterocycles. The van der Waals surface area contributed by atoms with Crippen molar-refractivity contribution in [1.82, 2.24) is 0 Å². The summed E-state index contributed by atoms with van der Waals surface area (Å²) in [6, 6.07) is 8.23. The van der Waals surface area contributed by atoms with Crippen molar-refractivity contribution in [3.63, 3.8) is 0 Å². The van der Waals surface area contributed by atoms with Crippen molar-refractivity contribution in [3.8, 4) is 0 Å². The Hall–Kier alpha value is -2.08. The molecule has 0 aliphatic carbocycles. The highest BCUT2D eigenvalue weighted by atomic mass is 16.7. The number of carbonyl (C=O) groups excluding carboxylic acids is 2. The van der Waals surface area contributed by atoms with Gasteiger partial charge in [-0.15, -0.1) is 0 Å². The zero-order valence-electron chi connectivity index (χ0n) is 19.1. The van der Waals surface area contributed by atoms with Gasteiger partial charge in [0.25, 0.3) is 0 Å². The number of quaternary nitrogens is 1. The zero-order chi connectivity index (χ0) is 22.0. The summed E-state index contributed by atoms with van der Waals surface area (Å²) in [4.78, 5) is 23.3. The summed E-state index contributed by atoms with van der Waals surface area (Å²) in [6.07, 6.45) is 7.17. The first-order valence-electron chi connectivity index (χ1n) is 11.1. The van der Waals surface area contributed by atoms with E-state index in [2.05, 4.69) is 33.2 Å². The van der Waals surface area contributed by atoms with E-state index in [1.807, 2.05) is 12.1 Å². The number of rotatable bonds is 12. The Kier molecular flexibility index (Phi) is 9.15. The lowest BCUT2D eigenvalue weighted by atomic mass is 9.92. The summed E-state index contributed by atoms with van der Waals surface area (Å²) in [5.41, 5.74) is 1.26. The quantitative estimate of drug-likeness (QED) is 0.275. The number of benzene rings is 1. The second-order valence-corrected chi connectivity index (χ2v) is 9.37. The predicted octanol–water partition coefficient (Wildman–Crippen LogP) is 4.84. The smallest absolute Gasteiger partial charge is 0.460 e. The third-order valence-electron chi connectivity index (χ3n) is 5.63. The lowest BCUT2D eigenvalue weighted by Crippen LogP contribution is -2.44. The van der Waals surface area contributed by atoms with E-state index in [1.54, 1.807) is 6.92 Å². The van der Waals surface area contributed by atoms with Gasteiger partial charge in [-0.3, -0.25) is 4.79 Å². The fourth-order valence-corrected chi connectivity index (χ4v) is 3.60. The Morgan fingerprint density at radius 1 is 1.00 bits per heavy atom. The number of ether oxygens (including phenoxy) is 3. The summed E-state index contributed by atoms with van der Waals surface area (Å²) in [5, 5.41) is 0. The SMILES string of the molecule is CCCCCCCC[N+](C)(C)Cc1ccc(COC(=O)C2(C)COC(=O)OC2)cc1. The van der Waals surface area contributed by atoms with E-state index in [1.165, 1.54) is 50.6 Å². The molecule has 168 valence electrons. The van der Waals surface area contributed by atoms with Crippen molar-refractivity contribution in [2.45, 2.75) is 65.5 Å². The number of cyclic esters (lactones) is 2. The summed E-state index contributed by atoms with van der Waals surface area (Å²) >= 11 is 0. The maximum absolute atomic E-state index is 12.3. The van der Waals surface area contributed by atoms with Crippen LogP contribution < -0.4 is 0 Å². The van der Waals surface area contributed by atoms with E-state index >= 15 is 0 Å². The molecule has 1 heterocycles. The lowest BCUT2D eigenvalue weighted by molar-refractivity contribution is -0.903. The van der Waals surface area contributed by atoms with Crippen molar-refractivity contribution in [2.24, 2.45) is 5.41 Å². The zero-order valence-corrected chi connectivity index (χ0v) is 19.1. The maximum atomic E-state index is 12.3. The largest absolute Gasteiger partial charge is 0.508 e. The van der Waals surface area contributed by atoms with Gasteiger partial charge in [-0.1, -0.05) is 56.9 Å². The number of hydrogen-bond donors (Lipinski definition) is 0. The number of nitrogens with zero attached hydrogens (tertiary/aromatic N) is 1. The molecule has 30 heavy (non-hydrogen) atoms. The molecule has 6 nitrogen and oxygen atoms in total. The van der Waals surface area contributed by atoms with Crippen LogP contribution in [0.15, 0.2) is 24.3 Å². The van der Waals surface area contributed by atoms with Gasteiger partial charge in [-0.25, -0.2) is 4.79 Å². The maximum Gasteiger partial charge on any atom is 0.508 e. The molecule has 0 spiro atoms. The molecule has 6 heteroatoms. The summed E-state index contributed by atoms with van der Waals surface area (Å²) < 4.78 is 16.0. The molecule has 0 unspecified atom stereocenters. The Balaban J connectivity index is 1.75. The first kappa shape index (κ1) is 24.2. The van der Waals surface area contributed by atoms with Crippen LogP contribution in [0.5, 0.6) is 0 Å². The Morgan fingerprint density at radius 2 is 1.57 bits per heavy atom. The van der Waals surface area contributed by atoms with Crippen molar-refractivity contribution in [2.75, 3.05) is 33.9 Å². The van der Waals surface area contributed by atoms with Crippen molar-refractivity contribution in [1.29, 1.82) is 0 Å². The molecular weight excluding hydrogens is 382 g/mol. The molecule has 0 atom stereocenters. The van der Waals surface area contributed by atoms with Crippen molar-refractivity contribution >= 4 is 12.1 Å². The van der Waals surface area contributed by atoms with E-state index in [0.29, 0.717) is 0 Å². The Bertz CT molecular complexity index is 673. The monoisotopic (exact) mass is 420 g/mol. The van der Waals surface area contributed by atoms with E-state index < -0.39 is 17.5 Å². The first-order valence-corrected chi connectivity index (χ1v) is 11.1. The molecule has 1 aromatic carbocycles. The lowest BCUT2D eigenvalue weighted by Gasteiger charge is -2.30. The topological polar surface area (TPSA) is 61.8 Å². The minimum Gasteiger partial charge on any atom is -0.460 e. The van der Waals surface area contributed by atoms with Crippen LogP contribution >= 0.6 is 0 Å². The number of esters is 1. The molecule has 0 bridgehead atoms. The van der Waals surface area contributed by atoms with E-state index in [9.17, 15) is 9.59 Å². The molecule has 1 aliphatic heterocycles. The third kappa shape index (κ3) is 7.98. The molecule has 0 N–H and O–H groups in total. The van der Waals surface area contributed by atoms with Crippen LogP contribution in [0.3, 0.4) is 0 Å². The summed E-state index contributed by atoms with van der Waals surface area (Å²) in [7, 11) is 4.56. The van der Waals surface area contributed by atoms with Gasteiger partial charge in [0.05, 0.1) is 20.6 Å². The van der Waals surface area contributed by atoms with Crippen molar-refractivity contribution < 1.29 is 28.3 Å². The van der Waals surface area contributed by atoms with Gasteiger partial charge in [-0.2, -0.15) is 0 Å². The molecule has 0 amide bonds. The molecule has 1 aromatic rings. The van der Waals surface area contributed by atoms with Crippen LogP contribution in [-0.4, -0.2) is 50.5 Å². The van der Waals surface area contributed by atoms with Gasteiger partial charge >= 0.3 is 12.1 Å². The third-order valence-corrected chi connectivity index (χ3v) is 5.63. The second-order valence-electron chi connectivity index (χ2n) is 9.37. The summed E-state index contributed by atoms with van der Waals surface area (Å²) in [6.45, 7) is 6.24. The Morgan fingerprint density at radius 3 is 2.20 bits per heavy atom. The minimum atomic E-state index is -0.952. The highest BCUT2D eigenvalue weighted by molar-refractivity contribution is 5.78. The van der Waals surface area contributed by atoms with E-state index in [-0.39, 0.29) is 19.8 Å². The van der Waals surface area contributed by atoms with Crippen LogP contribution in [-0.2, 0) is 32.2 Å². The Labute approximate surface area is 181 Å². The van der Waals surface area contributed by atoms with Gasteiger partial charge in [-0.05, 0) is 25.3 Å². The fourth-order valence-electron chi connectivity index (χ4n) is 3.60. The van der Waals surface area contributed by atoms with E-state index in [4.69, 9.17) is 14.2 Å².